The molecule has 0 radical (unpaired) electrons. The third-order valence-corrected chi connectivity index (χ3v) is 4.30. The third-order valence-electron chi connectivity index (χ3n) is 4.30. The minimum atomic E-state index is -0.626. The molecule has 0 aliphatic carbocycles. The van der Waals surface area contributed by atoms with Crippen LogP contribution >= 0.6 is 0 Å². The lowest BCUT2D eigenvalue weighted by atomic mass is 9.95. The van der Waals surface area contributed by atoms with Crippen LogP contribution in [0.25, 0.3) is 0 Å². The number of rotatable bonds is 3. The maximum absolute atomic E-state index is 9.38. The molecular weight excluding hydrogens is 384 g/mol. The molecule has 4 rings (SSSR count). The summed E-state index contributed by atoms with van der Waals surface area (Å²) < 4.78 is 5.60. The van der Waals surface area contributed by atoms with Gasteiger partial charge in [-0.1, -0.05) is 12.1 Å². The Balaban J connectivity index is 1.74. The van der Waals surface area contributed by atoms with Gasteiger partial charge in [0.25, 0.3) is 0 Å². The number of ether oxygens (including phenoxy) is 1. The molecule has 0 spiro atoms. The van der Waals surface area contributed by atoms with Crippen molar-refractivity contribution in [2.45, 2.75) is 6.04 Å². The summed E-state index contributed by atoms with van der Waals surface area (Å²) in [5.41, 5.74) is 13.5. The molecule has 6 N–H and O–H groups in total. The zero-order chi connectivity index (χ0) is 21.1. The molecule has 0 saturated heterocycles. The summed E-state index contributed by atoms with van der Waals surface area (Å²) in [4.78, 5) is 16.8. The van der Waals surface area contributed by atoms with Crippen molar-refractivity contribution in [2.75, 3.05) is 16.8 Å². The first-order chi connectivity index (χ1) is 14.6. The van der Waals surface area contributed by atoms with E-state index in [1.165, 1.54) is 0 Å². The fourth-order valence-corrected chi connectivity index (χ4v) is 2.98. The van der Waals surface area contributed by atoms with Crippen LogP contribution in [0.15, 0.2) is 47.7 Å². The predicted molar refractivity (Wildman–Crippen MR) is 108 cm³/mol. The van der Waals surface area contributed by atoms with Gasteiger partial charge in [0, 0.05) is 18.0 Å². The number of anilines is 3. The van der Waals surface area contributed by atoms with Crippen LogP contribution in [0.1, 0.15) is 22.7 Å². The van der Waals surface area contributed by atoms with Crippen LogP contribution in [0.4, 0.5) is 17.3 Å². The first-order valence-electron chi connectivity index (χ1n) is 8.64. The van der Waals surface area contributed by atoms with Crippen molar-refractivity contribution in [1.82, 2.24) is 20.3 Å². The van der Waals surface area contributed by atoms with E-state index in [-0.39, 0.29) is 29.0 Å². The Hall–Kier alpha value is -4.90. The number of hydrogen-bond donors (Lipinski definition) is 4. The maximum Gasteiger partial charge on any atom is 0.321 e. The van der Waals surface area contributed by atoms with Crippen molar-refractivity contribution in [3.63, 3.8) is 0 Å². The van der Waals surface area contributed by atoms with Gasteiger partial charge in [0.05, 0.1) is 5.69 Å². The predicted octanol–water partition coefficient (Wildman–Crippen LogP) is 1.64. The first kappa shape index (κ1) is 18.5. The number of benzene rings is 1. The van der Waals surface area contributed by atoms with Gasteiger partial charge in [0.1, 0.15) is 35.1 Å². The normalized spacial score (nSPS) is 14.3. The van der Waals surface area contributed by atoms with Crippen LogP contribution in [0.2, 0.25) is 0 Å². The van der Waals surface area contributed by atoms with Crippen molar-refractivity contribution in [3.8, 4) is 24.0 Å². The molecule has 0 bridgehead atoms. The average molecular weight is 398 g/mol. The van der Waals surface area contributed by atoms with Crippen LogP contribution in [0.5, 0.6) is 11.8 Å². The number of fused-ring (bicyclic) bond motifs is 1. The standard InChI is InChI=1S/C19H14N10O/c20-8-12-14(22)13-15(27-18(26-9-21)29-17(13)28-16(12)23)10-2-4-11(5-3-10)30-19-24-6-1-7-25-19/h1-7,15H,(H6,22,23,26,27,28,29). The molecule has 1 aliphatic rings. The minimum absolute atomic E-state index is 0.00943. The number of nitrogens with one attached hydrogen (secondary N) is 2. The van der Waals surface area contributed by atoms with Gasteiger partial charge < -0.3 is 21.5 Å². The van der Waals surface area contributed by atoms with E-state index in [2.05, 4.69) is 30.6 Å². The van der Waals surface area contributed by atoms with Crippen molar-refractivity contribution in [3.05, 3.63) is 59.4 Å². The molecule has 1 aromatic carbocycles. The van der Waals surface area contributed by atoms with Gasteiger partial charge in [-0.2, -0.15) is 10.5 Å². The average Bonchev–Trinajstić information content (AvgIpc) is 2.75. The highest BCUT2D eigenvalue weighted by Gasteiger charge is 2.29. The van der Waals surface area contributed by atoms with Crippen molar-refractivity contribution in [2.24, 2.45) is 4.99 Å². The zero-order valence-corrected chi connectivity index (χ0v) is 15.4. The van der Waals surface area contributed by atoms with Gasteiger partial charge in [-0.3, -0.25) is 5.32 Å². The fraction of sp³-hybridized carbons (Fsp3) is 0.0526. The summed E-state index contributed by atoms with van der Waals surface area (Å²) in [6.07, 6.45) is 4.97. The van der Waals surface area contributed by atoms with Crippen LogP contribution in [0, 0.1) is 22.8 Å². The van der Waals surface area contributed by atoms with Gasteiger partial charge in [-0.25, -0.2) is 19.9 Å². The Morgan fingerprint density at radius 1 is 1.10 bits per heavy atom. The maximum atomic E-state index is 9.38. The number of nitrogens with two attached hydrogens (primary N) is 2. The number of guanidine groups is 1. The number of pyridine rings is 1. The molecule has 0 amide bonds. The highest BCUT2D eigenvalue weighted by atomic mass is 16.5. The molecule has 146 valence electrons. The number of aromatic nitrogens is 3. The lowest BCUT2D eigenvalue weighted by Gasteiger charge is -2.26. The highest BCUT2D eigenvalue weighted by Crippen LogP contribution is 2.40. The molecule has 30 heavy (non-hydrogen) atoms. The first-order valence-corrected chi connectivity index (χ1v) is 8.64. The van der Waals surface area contributed by atoms with Crippen LogP contribution in [0.3, 0.4) is 0 Å². The molecule has 1 unspecified atom stereocenters. The largest absolute Gasteiger partial charge is 0.424 e. The van der Waals surface area contributed by atoms with Crippen LogP contribution in [-0.4, -0.2) is 20.9 Å². The lowest BCUT2D eigenvalue weighted by molar-refractivity contribution is 0.441. The molecule has 11 heteroatoms. The van der Waals surface area contributed by atoms with Crippen molar-refractivity contribution >= 4 is 23.3 Å². The SMILES string of the molecule is N#CNC1=NC(c2ccc(Oc3ncccn3)cc2)c2c(nc(N)c(C#N)c2N)N1. The van der Waals surface area contributed by atoms with Crippen molar-refractivity contribution in [1.29, 1.82) is 10.5 Å². The molecule has 0 saturated carbocycles. The molecule has 2 aromatic heterocycles. The van der Waals surface area contributed by atoms with E-state index in [1.54, 1.807) is 42.7 Å². The molecule has 11 nitrogen and oxygen atoms in total. The second kappa shape index (κ2) is 7.61. The van der Waals surface area contributed by atoms with E-state index >= 15 is 0 Å². The number of nitriles is 2. The minimum Gasteiger partial charge on any atom is -0.424 e. The van der Waals surface area contributed by atoms with E-state index in [9.17, 15) is 5.26 Å². The summed E-state index contributed by atoms with van der Waals surface area (Å²) in [5, 5.41) is 23.7. The lowest BCUT2D eigenvalue weighted by Crippen LogP contribution is -2.32. The van der Waals surface area contributed by atoms with E-state index in [1.807, 2.05) is 12.3 Å². The van der Waals surface area contributed by atoms with Gasteiger partial charge in [-0.05, 0) is 23.8 Å². The second-order valence-electron chi connectivity index (χ2n) is 6.10. The highest BCUT2D eigenvalue weighted by molar-refractivity contribution is 5.98. The molecule has 0 fully saturated rings. The van der Waals surface area contributed by atoms with Crippen LogP contribution in [-0.2, 0) is 0 Å². The Labute approximate surface area is 170 Å². The second-order valence-corrected chi connectivity index (χ2v) is 6.10. The quantitative estimate of drug-likeness (QED) is 0.373. The van der Waals surface area contributed by atoms with Gasteiger partial charge in [0.15, 0.2) is 6.19 Å². The molecule has 1 atom stereocenters. The Kier molecular flexibility index (Phi) is 4.69. The van der Waals surface area contributed by atoms with Gasteiger partial charge in [0.2, 0.25) is 5.96 Å². The summed E-state index contributed by atoms with van der Waals surface area (Å²) in [6.45, 7) is 0. The number of hydrogen-bond acceptors (Lipinski definition) is 11. The van der Waals surface area contributed by atoms with E-state index in [0.29, 0.717) is 17.1 Å². The summed E-state index contributed by atoms with van der Waals surface area (Å²) in [6, 6.07) is 10.3. The Bertz CT molecular complexity index is 1210. The van der Waals surface area contributed by atoms with E-state index in [0.717, 1.165) is 5.56 Å². The summed E-state index contributed by atoms with van der Waals surface area (Å²) in [7, 11) is 0. The smallest absolute Gasteiger partial charge is 0.321 e. The van der Waals surface area contributed by atoms with Gasteiger partial charge in [-0.15, -0.1) is 0 Å². The summed E-state index contributed by atoms with van der Waals surface area (Å²) in [5.74, 6) is 1.02. The summed E-state index contributed by atoms with van der Waals surface area (Å²) >= 11 is 0. The molecule has 1 aliphatic heterocycles. The molecule has 3 heterocycles. The van der Waals surface area contributed by atoms with Crippen LogP contribution < -0.4 is 26.8 Å². The Morgan fingerprint density at radius 3 is 2.50 bits per heavy atom. The molecular formula is C19H14N10O. The topological polar surface area (TPSA) is 184 Å². The van der Waals surface area contributed by atoms with Gasteiger partial charge >= 0.3 is 6.01 Å². The van der Waals surface area contributed by atoms with Crippen molar-refractivity contribution < 1.29 is 4.74 Å². The number of nitrogen functional groups attached to an aromatic ring is 2. The fourth-order valence-electron chi connectivity index (χ4n) is 2.98. The Morgan fingerprint density at radius 2 is 1.83 bits per heavy atom. The number of aliphatic imine (C=N–C) groups is 1. The third kappa shape index (κ3) is 3.34. The van der Waals surface area contributed by atoms with E-state index < -0.39 is 6.04 Å². The number of nitrogens with zero attached hydrogens (tertiary/aromatic N) is 6. The molecule has 3 aromatic rings. The zero-order valence-electron chi connectivity index (χ0n) is 15.4. The monoisotopic (exact) mass is 398 g/mol. The van der Waals surface area contributed by atoms with E-state index in [4.69, 9.17) is 21.5 Å².